The zero-order valence-corrected chi connectivity index (χ0v) is 14.2. The van der Waals surface area contributed by atoms with E-state index >= 15 is 0 Å². The third-order valence-corrected chi connectivity index (χ3v) is 9.74. The van der Waals surface area contributed by atoms with Crippen LogP contribution in [0, 0.1) is 0 Å². The van der Waals surface area contributed by atoms with E-state index < -0.39 is 0 Å². The van der Waals surface area contributed by atoms with Gasteiger partial charge in [0.1, 0.15) is 0 Å². The zero-order chi connectivity index (χ0) is 15.1. The second-order valence-electron chi connectivity index (χ2n) is 6.77. The van der Waals surface area contributed by atoms with Gasteiger partial charge in [0, 0.05) is 7.05 Å². The molecule has 2 bridgehead atoms. The van der Waals surface area contributed by atoms with Crippen molar-refractivity contribution in [3.05, 3.63) is 33.1 Å². The summed E-state index contributed by atoms with van der Waals surface area (Å²) < 4.78 is 4.97. The number of nitrogens with zero attached hydrogens (tertiary/aromatic N) is 3. The summed E-state index contributed by atoms with van der Waals surface area (Å²) in [5.74, 6) is 2.34. The van der Waals surface area contributed by atoms with E-state index in [1.54, 1.807) is 16.4 Å². The van der Waals surface area contributed by atoms with Gasteiger partial charge in [0.15, 0.2) is 0 Å². The second kappa shape index (κ2) is 4.17. The summed E-state index contributed by atoms with van der Waals surface area (Å²) in [4.78, 5) is 25.2. The molecule has 0 amide bonds. The van der Waals surface area contributed by atoms with Crippen molar-refractivity contribution in [3.8, 4) is 0 Å². The van der Waals surface area contributed by atoms with E-state index in [0.29, 0.717) is 0 Å². The number of allylic oxidation sites excluding steroid dienone is 2. The van der Waals surface area contributed by atoms with Crippen LogP contribution in [0.2, 0.25) is 0 Å². The Bertz CT molecular complexity index is 727. The topological polar surface area (TPSA) is 48.9 Å². The van der Waals surface area contributed by atoms with Crippen molar-refractivity contribution in [2.75, 3.05) is 11.5 Å². The summed E-state index contributed by atoms with van der Waals surface area (Å²) in [6, 6.07) is 0.0500. The monoisotopic (exact) mass is 337 g/mol. The molecule has 4 aliphatic heterocycles. The number of hydrogen-bond acceptors (Lipinski definition) is 4. The van der Waals surface area contributed by atoms with E-state index in [1.807, 2.05) is 0 Å². The lowest BCUT2D eigenvalue weighted by molar-refractivity contribution is 0.144. The molecule has 1 aliphatic carbocycles. The third kappa shape index (κ3) is 1.25. The number of aromatic nitrogens is 3. The average Bonchev–Trinajstić information content (AvgIpc) is 3.23. The molecule has 118 valence electrons. The Morgan fingerprint density at radius 3 is 1.77 bits per heavy atom. The zero-order valence-electron chi connectivity index (χ0n) is 12.5. The first-order valence-corrected chi connectivity index (χ1v) is 9.96. The van der Waals surface area contributed by atoms with Crippen LogP contribution in [0.15, 0.2) is 21.7 Å². The molecule has 0 radical (unpaired) electrons. The van der Waals surface area contributed by atoms with Crippen molar-refractivity contribution in [1.82, 2.24) is 13.9 Å². The summed E-state index contributed by atoms with van der Waals surface area (Å²) in [5.41, 5.74) is -0.317. The highest BCUT2D eigenvalue weighted by Crippen LogP contribution is 2.68. The molecule has 22 heavy (non-hydrogen) atoms. The SMILES string of the molecule is Cn1c(=O)n2n(c1=O)[C@H]1C=C[C@H]2[C@@]2(CCCS2)[C@]12CCCS2. The summed E-state index contributed by atoms with van der Waals surface area (Å²) in [6.07, 6.45) is 9.16. The molecule has 2 spiro atoms. The van der Waals surface area contributed by atoms with Gasteiger partial charge < -0.3 is 0 Å². The lowest BCUT2D eigenvalue weighted by Crippen LogP contribution is -2.65. The average molecular weight is 337 g/mol. The van der Waals surface area contributed by atoms with Gasteiger partial charge in [-0.1, -0.05) is 12.2 Å². The molecule has 5 aliphatic rings. The van der Waals surface area contributed by atoms with Gasteiger partial charge in [-0.2, -0.15) is 23.5 Å². The molecular weight excluding hydrogens is 318 g/mol. The molecule has 5 nitrogen and oxygen atoms in total. The van der Waals surface area contributed by atoms with Crippen molar-refractivity contribution in [2.45, 2.75) is 47.3 Å². The van der Waals surface area contributed by atoms with Crippen LogP contribution in [-0.2, 0) is 7.05 Å². The molecule has 0 saturated carbocycles. The smallest absolute Gasteiger partial charge is 0.246 e. The Balaban J connectivity index is 1.87. The highest BCUT2D eigenvalue weighted by atomic mass is 32.2. The molecule has 6 rings (SSSR count). The maximum Gasteiger partial charge on any atom is 0.347 e. The van der Waals surface area contributed by atoms with Crippen molar-refractivity contribution in [1.29, 1.82) is 0 Å². The van der Waals surface area contributed by atoms with Gasteiger partial charge in [-0.3, -0.25) is 0 Å². The van der Waals surface area contributed by atoms with Gasteiger partial charge in [-0.15, -0.1) is 0 Å². The maximum absolute atomic E-state index is 12.6. The molecule has 4 atom stereocenters. The molecule has 7 heteroatoms. The molecule has 2 fully saturated rings. The van der Waals surface area contributed by atoms with Gasteiger partial charge in [-0.05, 0) is 37.2 Å². The first-order valence-electron chi connectivity index (χ1n) is 7.99. The van der Waals surface area contributed by atoms with Crippen molar-refractivity contribution in [2.24, 2.45) is 7.05 Å². The fourth-order valence-corrected chi connectivity index (χ4v) is 8.99. The Kier molecular flexibility index (Phi) is 2.58. The van der Waals surface area contributed by atoms with E-state index in [4.69, 9.17) is 0 Å². The number of thioether (sulfide) groups is 2. The predicted octanol–water partition coefficient (Wildman–Crippen LogP) is 1.55. The van der Waals surface area contributed by atoms with E-state index in [2.05, 4.69) is 35.7 Å². The summed E-state index contributed by atoms with van der Waals surface area (Å²) >= 11 is 4.11. The maximum atomic E-state index is 12.6. The van der Waals surface area contributed by atoms with Crippen LogP contribution < -0.4 is 11.4 Å². The molecular formula is C15H19N3O2S2. The second-order valence-corrected chi connectivity index (χ2v) is 9.62. The van der Waals surface area contributed by atoms with Gasteiger partial charge in [0.2, 0.25) is 0 Å². The standard InChI is InChI=1S/C15H19N3O2S2/c1-16-12(19)17-10-4-5-11(18(17)13(16)20)15(7-3-9-22-15)14(10)6-2-8-21-14/h4-5,10-11H,2-3,6-9H2,1H3/t10-,11-,14-,15-/m0/s1. The van der Waals surface area contributed by atoms with Crippen LogP contribution >= 0.6 is 23.5 Å². The van der Waals surface area contributed by atoms with Crippen LogP contribution in [-0.4, -0.2) is 34.9 Å². The molecule has 1 aromatic rings. The van der Waals surface area contributed by atoms with Crippen LogP contribution in [0.5, 0.6) is 0 Å². The minimum atomic E-state index is -0.158. The largest absolute Gasteiger partial charge is 0.347 e. The first-order chi connectivity index (χ1) is 10.6. The fraction of sp³-hybridized carbons (Fsp3) is 0.733. The van der Waals surface area contributed by atoms with Crippen molar-refractivity contribution >= 4 is 23.5 Å². The predicted molar refractivity (Wildman–Crippen MR) is 90.0 cm³/mol. The number of rotatable bonds is 0. The lowest BCUT2D eigenvalue weighted by atomic mass is 9.70. The summed E-state index contributed by atoms with van der Waals surface area (Å²) in [7, 11) is 1.60. The van der Waals surface area contributed by atoms with Gasteiger partial charge in [0.25, 0.3) is 0 Å². The fourth-order valence-electron chi connectivity index (χ4n) is 5.12. The minimum absolute atomic E-state index is 0.0250. The highest BCUT2D eigenvalue weighted by molar-refractivity contribution is 8.05. The normalized spacial score (nSPS) is 41.9. The molecule has 5 heterocycles. The minimum Gasteiger partial charge on any atom is -0.246 e. The Morgan fingerprint density at radius 1 is 0.955 bits per heavy atom. The quantitative estimate of drug-likeness (QED) is 0.674. The van der Waals surface area contributed by atoms with E-state index in [-0.39, 0.29) is 33.0 Å². The molecule has 0 N–H and O–H groups in total. The number of hydrogen-bond donors (Lipinski definition) is 0. The van der Waals surface area contributed by atoms with E-state index in [9.17, 15) is 9.59 Å². The molecule has 0 unspecified atom stereocenters. The lowest BCUT2D eigenvalue weighted by Gasteiger charge is -2.58. The first kappa shape index (κ1) is 13.6. The molecule has 2 saturated heterocycles. The van der Waals surface area contributed by atoms with E-state index in [1.165, 1.54) is 28.9 Å². The summed E-state index contributed by atoms with van der Waals surface area (Å²) in [6.45, 7) is 0. The van der Waals surface area contributed by atoms with Crippen LogP contribution in [0.4, 0.5) is 0 Å². The van der Waals surface area contributed by atoms with Crippen LogP contribution in [0.25, 0.3) is 0 Å². The molecule has 1 aromatic heterocycles. The van der Waals surface area contributed by atoms with Crippen LogP contribution in [0.3, 0.4) is 0 Å². The highest BCUT2D eigenvalue weighted by Gasteiger charge is 2.67. The van der Waals surface area contributed by atoms with Gasteiger partial charge >= 0.3 is 11.4 Å². The summed E-state index contributed by atoms with van der Waals surface area (Å²) in [5, 5.41) is 0. The van der Waals surface area contributed by atoms with Gasteiger partial charge in [0.05, 0.1) is 21.6 Å². The van der Waals surface area contributed by atoms with Gasteiger partial charge in [-0.25, -0.2) is 23.5 Å². The van der Waals surface area contributed by atoms with Crippen molar-refractivity contribution in [3.63, 3.8) is 0 Å². The van der Waals surface area contributed by atoms with Crippen molar-refractivity contribution < 1.29 is 0 Å². The molecule has 0 aromatic carbocycles. The Labute approximate surface area is 136 Å². The third-order valence-electron chi connectivity index (χ3n) is 5.98. The van der Waals surface area contributed by atoms with Crippen LogP contribution in [0.1, 0.15) is 37.8 Å². The Morgan fingerprint density at radius 2 is 1.41 bits per heavy atom. The Hall–Kier alpha value is -0.820. The van der Waals surface area contributed by atoms with E-state index in [0.717, 1.165) is 12.8 Å².